The minimum Gasteiger partial charge on any atom is -0.147 e. The van der Waals surface area contributed by atoms with Gasteiger partial charge in [-0.15, -0.1) is 24.8 Å². The molecule has 0 aliphatic heterocycles. The Kier molecular flexibility index (Phi) is 7.73. The maximum atomic E-state index is 6.57. The first-order valence-corrected chi connectivity index (χ1v) is 25.9. The second kappa shape index (κ2) is 8.35. The van der Waals surface area contributed by atoms with Crippen molar-refractivity contribution in [1.82, 2.24) is 0 Å². The summed E-state index contributed by atoms with van der Waals surface area (Å²) in [4.78, 5) is 0. The van der Waals surface area contributed by atoms with E-state index < -0.39 is 25.7 Å². The molecule has 0 radical (unpaired) electrons. The zero-order chi connectivity index (χ0) is 18.5. The van der Waals surface area contributed by atoms with Crippen molar-refractivity contribution in [2.24, 2.45) is 0 Å². The molecule has 0 N–H and O–H groups in total. The van der Waals surface area contributed by atoms with Crippen LogP contribution < -0.4 is 0 Å². The van der Waals surface area contributed by atoms with Crippen LogP contribution in [0.1, 0.15) is 21.2 Å². The molecule has 0 heterocycles. The van der Waals surface area contributed by atoms with Gasteiger partial charge in [-0.3, -0.25) is 0 Å². The van der Waals surface area contributed by atoms with E-state index in [0.29, 0.717) is 3.63 Å². The summed E-state index contributed by atoms with van der Waals surface area (Å²) in [6, 6.07) is 8.86. The Hall–Kier alpha value is -0.0631. The zero-order valence-electron chi connectivity index (χ0n) is 17.2. The average molecular weight is 523 g/mol. The molecule has 0 spiro atoms. The summed E-state index contributed by atoms with van der Waals surface area (Å²) >= 11 is -3.28. The van der Waals surface area contributed by atoms with Gasteiger partial charge in [0.05, 0.1) is 0 Å². The largest absolute Gasteiger partial charge is 0.147 e. The first kappa shape index (κ1) is 25.0. The van der Waals surface area contributed by atoms with Crippen LogP contribution in [0, 0.1) is 0 Å². The third-order valence-corrected chi connectivity index (χ3v) is 23.4. The molecule has 2 aliphatic rings. The van der Waals surface area contributed by atoms with Gasteiger partial charge in [-0.2, -0.15) is 0 Å². The first-order chi connectivity index (χ1) is 11.5. The topological polar surface area (TPSA) is 18.5 Å². The van der Waals surface area contributed by atoms with Crippen molar-refractivity contribution < 1.29 is 26.6 Å². The van der Waals surface area contributed by atoms with Gasteiger partial charge in [-0.05, 0) is 0 Å². The number of rotatable bonds is 5. The molecule has 1 unspecified atom stereocenters. The summed E-state index contributed by atoms with van der Waals surface area (Å²) in [6.07, 6.45) is 7.97. The summed E-state index contributed by atoms with van der Waals surface area (Å²) in [5.41, 5.74) is 2.88. The number of hydrogen-bond acceptors (Lipinski definition) is 2. The van der Waals surface area contributed by atoms with Crippen molar-refractivity contribution in [2.45, 2.75) is 39.0 Å². The Labute approximate surface area is 179 Å². The quantitative estimate of drug-likeness (QED) is 0.447. The molecule has 0 aromatic heterocycles. The predicted octanol–water partition coefficient (Wildman–Crippen LogP) is 5.93. The molecule has 0 amide bonds. The van der Waals surface area contributed by atoms with E-state index in [2.05, 4.69) is 78.3 Å². The molecule has 2 nitrogen and oxygen atoms in total. The molecule has 7 heteroatoms. The average Bonchev–Trinajstić information content (AvgIpc) is 3.09. The molecule has 1 aromatic carbocycles. The van der Waals surface area contributed by atoms with Gasteiger partial charge in [0.15, 0.2) is 0 Å². The van der Waals surface area contributed by atoms with Gasteiger partial charge in [-0.25, -0.2) is 0 Å². The molecular weight excluding hydrogens is 491 g/mol. The van der Waals surface area contributed by atoms with Crippen LogP contribution in [0.3, 0.4) is 0 Å². The number of methoxy groups -OCH3 is 1. The summed E-state index contributed by atoms with van der Waals surface area (Å²) in [5.74, 6) is 2.02. The van der Waals surface area contributed by atoms with Crippen LogP contribution in [0.2, 0.25) is 28.9 Å². The van der Waals surface area contributed by atoms with Crippen molar-refractivity contribution in [3.8, 4) is 0 Å². The number of ether oxygens (including phenoxy) is 1. The maximum absolute atomic E-state index is 6.57. The van der Waals surface area contributed by atoms with Crippen molar-refractivity contribution >= 4 is 46.1 Å². The Bertz CT molecular complexity index is 876. The summed E-state index contributed by atoms with van der Waals surface area (Å²) < 4.78 is 19.5. The molecule has 0 saturated heterocycles. The maximum Gasteiger partial charge on any atom is -0.147 e. The van der Waals surface area contributed by atoms with Gasteiger partial charge in [0.25, 0.3) is 0 Å². The van der Waals surface area contributed by atoms with Crippen LogP contribution in [0.5, 0.6) is 0 Å². The molecule has 150 valence electrons. The summed E-state index contributed by atoms with van der Waals surface area (Å²) in [7, 11) is 0.0589. The number of fused-ring (bicyclic) bond motifs is 1. The van der Waals surface area contributed by atoms with Gasteiger partial charge in [0, 0.05) is 0 Å². The molecule has 0 saturated carbocycles. The summed E-state index contributed by atoms with van der Waals surface area (Å²) in [6.45, 7) is 9.05. The molecule has 3 rings (SSSR count). The van der Waals surface area contributed by atoms with E-state index in [-0.39, 0.29) is 24.8 Å². The van der Waals surface area contributed by atoms with E-state index in [1.165, 1.54) is 11.1 Å². The zero-order valence-corrected chi connectivity index (χ0v) is 23.7. The predicted molar refractivity (Wildman–Crippen MR) is 124 cm³/mol. The van der Waals surface area contributed by atoms with Crippen molar-refractivity contribution in [3.05, 3.63) is 62.3 Å². The van der Waals surface area contributed by atoms with Crippen LogP contribution >= 0.6 is 24.8 Å². The smallest absolute Gasteiger partial charge is 0.147 e. The van der Waals surface area contributed by atoms with E-state index in [1.54, 1.807) is 10.4 Å². The van der Waals surface area contributed by atoms with Crippen LogP contribution in [0.4, 0.5) is 0 Å². The van der Waals surface area contributed by atoms with Gasteiger partial charge < -0.3 is 0 Å². The standard InChI is InChI=1S/C9H15O2Si.C9H7.2CH3.2ClH.H2Si.Zr/c1-10-8-6-5-7-9(8)11-12(2,3)4;1-2-5-9-7-3-6-8(9)4-1;;;;;;/h6H,5H2,1-4H3;1-7H;2*1H3;2*1H;1H2;. The van der Waals surface area contributed by atoms with Gasteiger partial charge in [0.1, 0.15) is 0 Å². The second-order valence-electron chi connectivity index (χ2n) is 9.27. The van der Waals surface area contributed by atoms with E-state index in [4.69, 9.17) is 9.16 Å². The molecule has 27 heavy (non-hydrogen) atoms. The molecule has 1 atom stereocenters. The minimum absolute atomic E-state index is 0. The van der Waals surface area contributed by atoms with Gasteiger partial charge >= 0.3 is 156 Å². The van der Waals surface area contributed by atoms with Crippen LogP contribution in [-0.4, -0.2) is 22.3 Å². The summed E-state index contributed by atoms with van der Waals surface area (Å²) in [5, 5.41) is 0. The minimum atomic E-state index is -3.28. The Morgan fingerprint density at radius 2 is 1.74 bits per heavy atom. The van der Waals surface area contributed by atoms with Gasteiger partial charge in [-0.1, -0.05) is 0 Å². The van der Waals surface area contributed by atoms with E-state index in [9.17, 15) is 0 Å². The normalized spacial score (nSPS) is 19.1. The van der Waals surface area contributed by atoms with Gasteiger partial charge in [0.2, 0.25) is 0 Å². The Morgan fingerprint density at radius 1 is 1.11 bits per heavy atom. The monoisotopic (exact) mass is 520 g/mol. The van der Waals surface area contributed by atoms with E-state index >= 15 is 0 Å². The fourth-order valence-electron chi connectivity index (χ4n) is 4.08. The van der Waals surface area contributed by atoms with Crippen LogP contribution in [0.25, 0.3) is 6.08 Å². The third-order valence-electron chi connectivity index (χ3n) is 5.41. The van der Waals surface area contributed by atoms with Crippen molar-refractivity contribution in [1.29, 1.82) is 0 Å². The molecule has 0 bridgehead atoms. The number of benzene rings is 1. The van der Waals surface area contributed by atoms with Crippen LogP contribution in [-0.2, 0) is 26.6 Å². The van der Waals surface area contributed by atoms with E-state index in [1.807, 2.05) is 0 Å². The number of allylic oxidation sites excluding steroid dienone is 3. The fraction of sp³-hybridized carbons (Fsp3) is 0.400. The first-order valence-electron chi connectivity index (χ1n) is 9.03. The van der Waals surface area contributed by atoms with E-state index in [0.717, 1.165) is 17.9 Å². The fourth-order valence-corrected chi connectivity index (χ4v) is 19.0. The molecule has 1 aromatic rings. The molecule has 2 aliphatic carbocycles. The van der Waals surface area contributed by atoms with Crippen molar-refractivity contribution in [3.63, 3.8) is 0 Å². The molecule has 0 fully saturated rings. The van der Waals surface area contributed by atoms with Crippen LogP contribution in [0.15, 0.2) is 51.2 Å². The Morgan fingerprint density at radius 3 is 2.33 bits per heavy atom. The number of halogens is 2. The third kappa shape index (κ3) is 4.75. The molecular formula is C20H32Cl2O2Si2Zr. The Balaban J connectivity index is 0.00000182. The number of hydrogen-bond donors (Lipinski definition) is 0. The van der Waals surface area contributed by atoms with Crippen molar-refractivity contribution in [2.75, 3.05) is 7.11 Å². The second-order valence-corrected chi connectivity index (χ2v) is 43.4. The SMILES string of the molecule is COC1=CC[C]([Zr]([CH3])([CH3])(=[SiH2])[CH]2C=Cc3ccccc32)=C1O[Si](C)(C)C.Cl.Cl.